The van der Waals surface area contributed by atoms with Crippen LogP contribution in [0.2, 0.25) is 0 Å². The molecule has 0 radical (unpaired) electrons. The first kappa shape index (κ1) is 26.6. The number of unbranched alkanes of at least 4 members (excludes halogenated alkanes) is 2. The van der Waals surface area contributed by atoms with Crippen molar-refractivity contribution in [3.8, 4) is 0 Å². The van der Waals surface area contributed by atoms with Gasteiger partial charge in [-0.2, -0.15) is 0 Å². The molecule has 0 bridgehead atoms. The summed E-state index contributed by atoms with van der Waals surface area (Å²) in [7, 11) is 0. The second kappa shape index (κ2) is 12.6. The van der Waals surface area contributed by atoms with E-state index in [4.69, 9.17) is 0 Å². The van der Waals surface area contributed by atoms with Crippen molar-refractivity contribution in [2.45, 2.75) is 52.0 Å². The van der Waals surface area contributed by atoms with Crippen LogP contribution in [0, 0.1) is 10.1 Å². The summed E-state index contributed by atoms with van der Waals surface area (Å²) in [5.41, 5.74) is -0.0777. The Balaban J connectivity index is 1.88. The first-order chi connectivity index (χ1) is 16.9. The van der Waals surface area contributed by atoms with Crippen molar-refractivity contribution in [3.63, 3.8) is 0 Å². The highest BCUT2D eigenvalue weighted by atomic mass is 32.1. The molecular weight excluding hydrogens is 466 g/mol. The second-order valence-electron chi connectivity index (χ2n) is 8.72. The predicted octanol–water partition coefficient (Wildman–Crippen LogP) is 5.37. The molecule has 3 rings (SSSR count). The summed E-state index contributed by atoms with van der Waals surface area (Å²) in [6.45, 7) is 7.56. The molecular formula is C26H33N3O5S. The number of nitro benzene ring substituents is 1. The molecule has 2 aromatic rings. The number of hydrogen-bond acceptors (Lipinski definition) is 7. The van der Waals surface area contributed by atoms with Crippen molar-refractivity contribution in [2.24, 2.45) is 0 Å². The van der Waals surface area contributed by atoms with Gasteiger partial charge in [-0.15, -0.1) is 11.3 Å². The molecule has 9 heteroatoms. The van der Waals surface area contributed by atoms with Crippen molar-refractivity contribution < 1.29 is 19.6 Å². The minimum atomic E-state index is -0.763. The lowest BCUT2D eigenvalue weighted by atomic mass is 9.99. The molecule has 1 saturated heterocycles. The molecule has 8 nitrogen and oxygen atoms in total. The average Bonchev–Trinajstić information content (AvgIpc) is 3.47. The Hall–Kier alpha value is -3.04. The Labute approximate surface area is 210 Å². The Morgan fingerprint density at radius 2 is 1.77 bits per heavy atom. The number of likely N-dealkylation sites (tertiary alicyclic amines) is 1. The van der Waals surface area contributed by atoms with Crippen LogP contribution in [0.15, 0.2) is 47.4 Å². The van der Waals surface area contributed by atoms with Crippen molar-refractivity contribution in [1.29, 1.82) is 0 Å². The normalized spacial score (nSPS) is 17.5. The number of thiophene rings is 1. The summed E-state index contributed by atoms with van der Waals surface area (Å²) in [4.78, 5) is 41.5. The number of rotatable bonds is 13. The van der Waals surface area contributed by atoms with Crippen molar-refractivity contribution in [2.75, 3.05) is 26.2 Å². The van der Waals surface area contributed by atoms with Crippen LogP contribution in [-0.4, -0.2) is 57.7 Å². The molecule has 188 valence electrons. The second-order valence-corrected chi connectivity index (χ2v) is 9.70. The van der Waals surface area contributed by atoms with Gasteiger partial charge in [-0.1, -0.05) is 44.9 Å². The summed E-state index contributed by atoms with van der Waals surface area (Å²) in [6, 6.07) is 8.44. The molecule has 1 aromatic carbocycles. The zero-order valence-electron chi connectivity index (χ0n) is 20.3. The van der Waals surface area contributed by atoms with E-state index in [0.29, 0.717) is 13.0 Å². The zero-order chi connectivity index (χ0) is 25.4. The summed E-state index contributed by atoms with van der Waals surface area (Å²) < 4.78 is 0. The van der Waals surface area contributed by atoms with E-state index in [-0.39, 0.29) is 22.6 Å². The molecule has 1 fully saturated rings. The number of nitro groups is 1. The highest BCUT2D eigenvalue weighted by molar-refractivity contribution is 7.10. The first-order valence-electron chi connectivity index (χ1n) is 12.2. The number of carbonyl (C=O) groups excluding carboxylic acids is 2. The number of benzene rings is 1. The highest BCUT2D eigenvalue weighted by Gasteiger charge is 2.46. The van der Waals surface area contributed by atoms with E-state index in [1.165, 1.54) is 40.5 Å². The largest absolute Gasteiger partial charge is 0.507 e. The smallest absolute Gasteiger partial charge is 0.295 e. The van der Waals surface area contributed by atoms with Crippen molar-refractivity contribution in [1.82, 2.24) is 9.80 Å². The topological polar surface area (TPSA) is 104 Å². The molecule has 1 aliphatic rings. The third kappa shape index (κ3) is 6.35. The number of carbonyl (C=O) groups is 2. The average molecular weight is 500 g/mol. The van der Waals surface area contributed by atoms with E-state index in [9.17, 15) is 24.8 Å². The Morgan fingerprint density at radius 3 is 2.37 bits per heavy atom. The lowest BCUT2D eigenvalue weighted by Crippen LogP contribution is -2.34. The van der Waals surface area contributed by atoms with Gasteiger partial charge in [0.2, 0.25) is 0 Å². The van der Waals surface area contributed by atoms with Gasteiger partial charge >= 0.3 is 0 Å². The van der Waals surface area contributed by atoms with Gasteiger partial charge in [-0.3, -0.25) is 19.7 Å². The quantitative estimate of drug-likeness (QED) is 0.131. The third-order valence-electron chi connectivity index (χ3n) is 6.21. The monoisotopic (exact) mass is 499 g/mol. The van der Waals surface area contributed by atoms with Crippen LogP contribution in [0.1, 0.15) is 62.4 Å². The molecule has 1 N–H and O–H groups in total. The van der Waals surface area contributed by atoms with Gasteiger partial charge in [-0.25, -0.2) is 0 Å². The van der Waals surface area contributed by atoms with Crippen LogP contribution >= 0.6 is 11.3 Å². The predicted molar refractivity (Wildman–Crippen MR) is 137 cm³/mol. The van der Waals surface area contributed by atoms with E-state index in [0.717, 1.165) is 50.2 Å². The minimum Gasteiger partial charge on any atom is -0.507 e. The van der Waals surface area contributed by atoms with Crippen LogP contribution in [0.4, 0.5) is 5.69 Å². The molecule has 0 saturated carbocycles. The fourth-order valence-corrected chi connectivity index (χ4v) is 5.18. The molecule has 0 aliphatic carbocycles. The molecule has 1 aromatic heterocycles. The van der Waals surface area contributed by atoms with Gasteiger partial charge in [0.05, 0.1) is 16.5 Å². The van der Waals surface area contributed by atoms with Gasteiger partial charge in [0.15, 0.2) is 0 Å². The summed E-state index contributed by atoms with van der Waals surface area (Å²) >= 11 is 1.40. The maximum Gasteiger partial charge on any atom is 0.295 e. The van der Waals surface area contributed by atoms with Crippen LogP contribution in [-0.2, 0) is 9.59 Å². The number of ketones is 1. The van der Waals surface area contributed by atoms with Gasteiger partial charge in [0, 0.05) is 29.1 Å². The molecule has 1 amide bonds. The number of aliphatic hydroxyl groups is 1. The van der Waals surface area contributed by atoms with Crippen molar-refractivity contribution in [3.05, 3.63) is 67.9 Å². The maximum atomic E-state index is 13.1. The van der Waals surface area contributed by atoms with Gasteiger partial charge in [0.25, 0.3) is 17.4 Å². The molecule has 1 atom stereocenters. The van der Waals surface area contributed by atoms with Crippen LogP contribution in [0.25, 0.3) is 5.76 Å². The van der Waals surface area contributed by atoms with E-state index in [2.05, 4.69) is 18.7 Å². The summed E-state index contributed by atoms with van der Waals surface area (Å²) in [5, 5.41) is 24.1. The summed E-state index contributed by atoms with van der Waals surface area (Å²) in [6.07, 6.45) is 5.18. The lowest BCUT2D eigenvalue weighted by molar-refractivity contribution is -0.384. The lowest BCUT2D eigenvalue weighted by Gasteiger charge is -2.26. The SMILES string of the molecule is CCCCN(CCCC)CCCN1C(=O)C(=O)/C(=C(\O)c2cccc([N+](=O)[O-])c2)C1c1cccs1. The molecule has 35 heavy (non-hydrogen) atoms. The van der Waals surface area contributed by atoms with Gasteiger partial charge in [0.1, 0.15) is 5.76 Å². The Kier molecular flexibility index (Phi) is 9.56. The first-order valence-corrected chi connectivity index (χ1v) is 13.1. The van der Waals surface area contributed by atoms with E-state index < -0.39 is 22.7 Å². The van der Waals surface area contributed by atoms with Crippen molar-refractivity contribution >= 4 is 34.5 Å². The number of non-ortho nitro benzene ring substituents is 1. The number of nitrogens with zero attached hydrogens (tertiary/aromatic N) is 3. The number of Topliss-reactive ketones (excluding diaryl/α,β-unsaturated/α-hetero) is 1. The molecule has 0 spiro atoms. The minimum absolute atomic E-state index is 0.0215. The van der Waals surface area contributed by atoms with E-state index in [1.54, 1.807) is 0 Å². The number of amides is 1. The number of hydrogen-bond donors (Lipinski definition) is 1. The maximum absolute atomic E-state index is 13.1. The fraction of sp³-hybridized carbons (Fsp3) is 0.462. The van der Waals surface area contributed by atoms with Gasteiger partial charge < -0.3 is 14.9 Å². The van der Waals surface area contributed by atoms with Crippen LogP contribution in [0.5, 0.6) is 0 Å². The number of aliphatic hydroxyl groups excluding tert-OH is 1. The molecule has 2 heterocycles. The Morgan fingerprint density at radius 1 is 1.09 bits per heavy atom. The van der Waals surface area contributed by atoms with Crippen LogP contribution in [0.3, 0.4) is 0 Å². The van der Waals surface area contributed by atoms with Crippen LogP contribution < -0.4 is 0 Å². The van der Waals surface area contributed by atoms with Gasteiger partial charge in [-0.05, 0) is 50.3 Å². The zero-order valence-corrected chi connectivity index (χ0v) is 21.1. The Bertz CT molecular complexity index is 1060. The molecule has 1 unspecified atom stereocenters. The standard InChI is InChI=1S/C26H33N3O5S/c1-3-5-13-27(14-6-4-2)15-9-16-28-23(21-12-8-17-35-21)22(25(31)26(28)32)24(30)19-10-7-11-20(18-19)29(33)34/h7-8,10-12,17-18,23,30H,3-6,9,13-16H2,1-2H3/b24-22-. The summed E-state index contributed by atoms with van der Waals surface area (Å²) in [5.74, 6) is -1.80. The highest BCUT2D eigenvalue weighted by Crippen LogP contribution is 2.41. The van der Waals surface area contributed by atoms with E-state index >= 15 is 0 Å². The van der Waals surface area contributed by atoms with E-state index in [1.807, 2.05) is 17.5 Å². The fourth-order valence-electron chi connectivity index (χ4n) is 4.34. The third-order valence-corrected chi connectivity index (χ3v) is 7.14. The molecule has 1 aliphatic heterocycles.